The van der Waals surface area contributed by atoms with Gasteiger partial charge in [-0.05, 0) is 101 Å². The largest absolute Gasteiger partial charge is 0.354 e. The van der Waals surface area contributed by atoms with E-state index < -0.39 is 52.7 Å². The number of rotatable bonds is 25. The maximum absolute atomic E-state index is 14.3. The highest BCUT2D eigenvalue weighted by Crippen LogP contribution is 2.65. The monoisotopic (exact) mass is 873 g/mol. The molecule has 0 aromatic carbocycles. The minimum atomic E-state index is -1.05. The average molecular weight is 873 g/mol. The SMILES string of the molecule is CCC=CCC=CCC=CCC=CCC=CCC=CCCC(=O)NCCNC(=O)C(=O)C(CC1CCC1)NC(=O)[C@@H]1[C@H]2[C@@H](CN1C(=O)C(NC(=O)NC(C)(C)C)C(C)(C)C)C2(C)C. The maximum Gasteiger partial charge on any atom is 0.315 e. The lowest BCUT2D eigenvalue weighted by molar-refractivity contribution is -0.145. The molecule has 1 saturated heterocycles. The van der Waals surface area contributed by atoms with E-state index in [2.05, 4.69) is 108 Å². The Morgan fingerprint density at radius 1 is 0.714 bits per heavy atom. The highest BCUT2D eigenvalue weighted by Gasteiger charge is 2.70. The van der Waals surface area contributed by atoms with Crippen molar-refractivity contribution in [2.45, 2.75) is 163 Å². The molecule has 0 spiro atoms. The van der Waals surface area contributed by atoms with Gasteiger partial charge >= 0.3 is 6.03 Å². The normalized spacial score (nSPS) is 21.0. The van der Waals surface area contributed by atoms with Crippen LogP contribution in [-0.4, -0.2) is 83.6 Å². The summed E-state index contributed by atoms with van der Waals surface area (Å²) in [6.45, 7) is 18.1. The zero-order chi connectivity index (χ0) is 46.6. The number of carbonyl (C=O) groups is 6. The molecular weight excluding hydrogens is 793 g/mol. The minimum absolute atomic E-state index is 0.0626. The van der Waals surface area contributed by atoms with Crippen LogP contribution in [0.2, 0.25) is 0 Å². The molecule has 5 atom stereocenters. The fraction of sp³-hybridized carbons (Fsp3) is 0.647. The van der Waals surface area contributed by atoms with Gasteiger partial charge in [0.1, 0.15) is 12.1 Å². The summed E-state index contributed by atoms with van der Waals surface area (Å²) in [5, 5.41) is 14.1. The topological polar surface area (TPSA) is 166 Å². The lowest BCUT2D eigenvalue weighted by Crippen LogP contribution is -2.62. The van der Waals surface area contributed by atoms with Crippen LogP contribution in [0, 0.1) is 28.6 Å². The van der Waals surface area contributed by atoms with Gasteiger partial charge < -0.3 is 31.5 Å². The molecule has 1 aliphatic heterocycles. The molecule has 0 radical (unpaired) electrons. The van der Waals surface area contributed by atoms with Gasteiger partial charge in [-0.1, -0.05) is 134 Å². The molecule has 2 aliphatic carbocycles. The van der Waals surface area contributed by atoms with Gasteiger partial charge in [0.2, 0.25) is 23.5 Å². The number of fused-ring (bicyclic) bond motifs is 1. The van der Waals surface area contributed by atoms with Crippen LogP contribution < -0.4 is 26.6 Å². The number of hydrogen-bond donors (Lipinski definition) is 5. The second-order valence-corrected chi connectivity index (χ2v) is 20.1. The molecule has 12 nitrogen and oxygen atoms in total. The van der Waals surface area contributed by atoms with E-state index in [0.29, 0.717) is 25.8 Å². The molecule has 12 heteroatoms. The van der Waals surface area contributed by atoms with Gasteiger partial charge in [0, 0.05) is 31.6 Å². The van der Waals surface area contributed by atoms with Crippen molar-refractivity contribution in [1.29, 1.82) is 0 Å². The molecule has 6 amide bonds. The van der Waals surface area contributed by atoms with Crippen molar-refractivity contribution in [2.75, 3.05) is 19.6 Å². The van der Waals surface area contributed by atoms with Crippen molar-refractivity contribution < 1.29 is 28.8 Å². The summed E-state index contributed by atoms with van der Waals surface area (Å²) in [5.41, 5.74) is -1.36. The molecule has 3 fully saturated rings. The summed E-state index contributed by atoms with van der Waals surface area (Å²) < 4.78 is 0. The first-order chi connectivity index (χ1) is 29.8. The zero-order valence-electron chi connectivity index (χ0n) is 39.9. The standard InChI is InChI=1S/C51H80N6O6/c1-10-11-12-13-14-15-16-17-18-19-20-21-22-23-24-25-26-27-28-32-40(58)52-33-34-53-46(61)43(59)39(35-37-30-29-31-37)54-45(60)42-41-38(51(41,8)9)36-57(42)47(62)44(49(2,3)4)55-48(63)56-50(5,6)7/h11-12,14-15,17-18,20-21,23-24,26-27,37-39,41-42,44H,10,13,16,19,22,25,28-36H2,1-9H3,(H,52,58)(H,53,61)(H,54,60)(H2,55,56,63)/t38-,39?,41-,42+,44?/m1/s1. The van der Waals surface area contributed by atoms with E-state index >= 15 is 0 Å². The molecule has 3 rings (SSSR count). The first-order valence-corrected chi connectivity index (χ1v) is 23.5. The molecule has 2 saturated carbocycles. The number of nitrogens with one attached hydrogen (secondary N) is 5. The first-order valence-electron chi connectivity index (χ1n) is 23.5. The number of ketones is 1. The molecule has 63 heavy (non-hydrogen) atoms. The molecular formula is C51H80N6O6. The Morgan fingerprint density at radius 2 is 1.24 bits per heavy atom. The molecule has 0 aromatic rings. The Morgan fingerprint density at radius 3 is 1.73 bits per heavy atom. The van der Waals surface area contributed by atoms with Crippen molar-refractivity contribution in [1.82, 2.24) is 31.5 Å². The van der Waals surface area contributed by atoms with Crippen molar-refractivity contribution >= 4 is 35.4 Å². The average Bonchev–Trinajstić information content (AvgIpc) is 3.48. The van der Waals surface area contributed by atoms with Crippen LogP contribution in [-0.2, 0) is 24.0 Å². The third-order valence-corrected chi connectivity index (χ3v) is 12.2. The van der Waals surface area contributed by atoms with Crippen LogP contribution in [0.25, 0.3) is 0 Å². The number of piperidine rings is 1. The molecule has 3 aliphatic rings. The van der Waals surface area contributed by atoms with Gasteiger partial charge in [0.05, 0.1) is 6.04 Å². The van der Waals surface area contributed by atoms with E-state index in [1.807, 2.05) is 53.7 Å². The van der Waals surface area contributed by atoms with Crippen molar-refractivity contribution in [2.24, 2.45) is 28.6 Å². The van der Waals surface area contributed by atoms with E-state index in [0.717, 1.165) is 57.8 Å². The summed E-state index contributed by atoms with van der Waals surface area (Å²) >= 11 is 0. The Labute approximate surface area is 378 Å². The number of urea groups is 1. The van der Waals surface area contributed by atoms with E-state index in [-0.39, 0.29) is 48.1 Å². The van der Waals surface area contributed by atoms with Crippen LogP contribution in [0.5, 0.6) is 0 Å². The van der Waals surface area contributed by atoms with E-state index in [1.165, 1.54) is 0 Å². The Balaban J connectivity index is 1.43. The van der Waals surface area contributed by atoms with Crippen molar-refractivity contribution in [3.05, 3.63) is 72.9 Å². The van der Waals surface area contributed by atoms with Crippen molar-refractivity contribution in [3.8, 4) is 0 Å². The number of nitrogens with zero attached hydrogens (tertiary/aromatic N) is 1. The quantitative estimate of drug-likeness (QED) is 0.0355. The number of hydrogen-bond acceptors (Lipinski definition) is 6. The summed E-state index contributed by atoms with van der Waals surface area (Å²) in [6.07, 6.45) is 35.4. The van der Waals surface area contributed by atoms with Gasteiger partial charge in [0.25, 0.3) is 5.91 Å². The molecule has 350 valence electrons. The van der Waals surface area contributed by atoms with Gasteiger partial charge in [-0.25, -0.2) is 4.79 Å². The molecule has 0 bridgehead atoms. The van der Waals surface area contributed by atoms with Gasteiger partial charge in [-0.2, -0.15) is 0 Å². The predicted molar refractivity (Wildman–Crippen MR) is 253 cm³/mol. The number of likely N-dealkylation sites (tertiary alicyclic amines) is 1. The summed E-state index contributed by atoms with van der Waals surface area (Å²) in [7, 11) is 0. The summed E-state index contributed by atoms with van der Waals surface area (Å²) in [6, 6.07) is -3.28. The smallest absolute Gasteiger partial charge is 0.315 e. The third kappa shape index (κ3) is 18.1. The summed E-state index contributed by atoms with van der Waals surface area (Å²) in [4.78, 5) is 82.3. The Bertz CT molecular complexity index is 1720. The Hall–Kier alpha value is -4.74. The van der Waals surface area contributed by atoms with E-state index in [4.69, 9.17) is 0 Å². The zero-order valence-corrected chi connectivity index (χ0v) is 39.9. The fourth-order valence-electron chi connectivity index (χ4n) is 8.25. The van der Waals surface area contributed by atoms with Crippen LogP contribution in [0.4, 0.5) is 4.79 Å². The second-order valence-electron chi connectivity index (χ2n) is 20.1. The number of amides is 6. The lowest BCUT2D eigenvalue weighted by atomic mass is 9.80. The highest BCUT2D eigenvalue weighted by atomic mass is 16.2. The fourth-order valence-corrected chi connectivity index (χ4v) is 8.25. The highest BCUT2D eigenvalue weighted by molar-refractivity contribution is 6.38. The maximum atomic E-state index is 14.3. The van der Waals surface area contributed by atoms with E-state index in [9.17, 15) is 28.8 Å². The van der Waals surface area contributed by atoms with E-state index in [1.54, 1.807) is 4.90 Å². The molecule has 0 aromatic heterocycles. The molecule has 2 unspecified atom stereocenters. The second kappa shape index (κ2) is 25.5. The van der Waals surface area contributed by atoms with Crippen LogP contribution >= 0.6 is 0 Å². The number of allylic oxidation sites excluding steroid dienone is 12. The van der Waals surface area contributed by atoms with Gasteiger partial charge in [-0.3, -0.25) is 24.0 Å². The molecule has 5 N–H and O–H groups in total. The third-order valence-electron chi connectivity index (χ3n) is 12.2. The van der Waals surface area contributed by atoms with Gasteiger partial charge in [0.15, 0.2) is 0 Å². The number of Topliss-reactive ketones (excluding diaryl/α,β-unsaturated/α-hetero) is 1. The van der Waals surface area contributed by atoms with Crippen LogP contribution in [0.1, 0.15) is 139 Å². The number of carbonyl (C=O) groups excluding carboxylic acids is 6. The van der Waals surface area contributed by atoms with Crippen LogP contribution in [0.15, 0.2) is 72.9 Å². The van der Waals surface area contributed by atoms with Gasteiger partial charge in [-0.15, -0.1) is 0 Å². The predicted octanol–water partition coefficient (Wildman–Crippen LogP) is 7.94. The van der Waals surface area contributed by atoms with Crippen molar-refractivity contribution in [3.63, 3.8) is 0 Å². The summed E-state index contributed by atoms with van der Waals surface area (Å²) in [5.74, 6) is -2.36. The minimum Gasteiger partial charge on any atom is -0.354 e. The molecule has 1 heterocycles. The Kier molecular flexibility index (Phi) is 21.3. The van der Waals surface area contributed by atoms with Crippen LogP contribution in [0.3, 0.4) is 0 Å². The first kappa shape index (κ1) is 52.6. The lowest BCUT2D eigenvalue weighted by Gasteiger charge is -2.38.